The molecule has 0 bridgehead atoms. The van der Waals surface area contributed by atoms with Gasteiger partial charge in [-0.25, -0.2) is 4.39 Å². The van der Waals surface area contributed by atoms with E-state index in [1.165, 1.54) is 6.07 Å². The number of hydrogen-bond donors (Lipinski definition) is 1. The summed E-state index contributed by atoms with van der Waals surface area (Å²) >= 11 is 0. The van der Waals surface area contributed by atoms with Gasteiger partial charge in [-0.05, 0) is 24.6 Å². The summed E-state index contributed by atoms with van der Waals surface area (Å²) < 4.78 is 12.8. The maximum Gasteiger partial charge on any atom is 0.123 e. The summed E-state index contributed by atoms with van der Waals surface area (Å²) in [5, 5.41) is 3.19. The van der Waals surface area contributed by atoms with Crippen LogP contribution in [0.25, 0.3) is 0 Å². The zero-order valence-electron chi connectivity index (χ0n) is 7.76. The van der Waals surface area contributed by atoms with Gasteiger partial charge in [-0.3, -0.25) is 0 Å². The molecule has 13 heavy (non-hydrogen) atoms. The second-order valence-corrected chi connectivity index (χ2v) is 2.97. The predicted octanol–water partition coefficient (Wildman–Crippen LogP) is 2.66. The first kappa shape index (κ1) is 9.93. The van der Waals surface area contributed by atoms with Crippen molar-refractivity contribution in [3.05, 3.63) is 48.3 Å². The molecule has 1 nitrogen and oxygen atoms in total. The van der Waals surface area contributed by atoms with Crippen LogP contribution < -0.4 is 5.32 Å². The van der Waals surface area contributed by atoms with Gasteiger partial charge in [0, 0.05) is 12.6 Å². The third-order valence-corrected chi connectivity index (χ3v) is 1.92. The van der Waals surface area contributed by atoms with Crippen LogP contribution in [0, 0.1) is 5.82 Å². The molecule has 0 aromatic heterocycles. The Labute approximate surface area is 78.3 Å². The molecular weight excluding hydrogens is 165 g/mol. The lowest BCUT2D eigenvalue weighted by molar-refractivity contribution is 0.595. The van der Waals surface area contributed by atoms with Gasteiger partial charge in [0.15, 0.2) is 0 Å². The Morgan fingerprint density at radius 3 is 3.00 bits per heavy atom. The Hall–Kier alpha value is -1.15. The van der Waals surface area contributed by atoms with Gasteiger partial charge < -0.3 is 5.32 Å². The van der Waals surface area contributed by atoms with Crippen LogP contribution in [0.1, 0.15) is 18.5 Å². The molecule has 0 aliphatic carbocycles. The van der Waals surface area contributed by atoms with E-state index in [0.29, 0.717) is 0 Å². The minimum absolute atomic E-state index is 0.161. The first-order chi connectivity index (χ1) is 6.24. The highest BCUT2D eigenvalue weighted by molar-refractivity contribution is 5.19. The first-order valence-electron chi connectivity index (χ1n) is 4.34. The second kappa shape index (κ2) is 4.77. The summed E-state index contributed by atoms with van der Waals surface area (Å²) in [4.78, 5) is 0. The quantitative estimate of drug-likeness (QED) is 0.701. The third kappa shape index (κ3) is 2.99. The highest BCUT2D eigenvalue weighted by Crippen LogP contribution is 2.12. The van der Waals surface area contributed by atoms with Crippen LogP contribution in [0.2, 0.25) is 0 Å². The summed E-state index contributed by atoms with van der Waals surface area (Å²) in [6.45, 7) is 6.34. The van der Waals surface area contributed by atoms with Crippen LogP contribution in [0.5, 0.6) is 0 Å². The Bertz CT molecular complexity index is 283. The van der Waals surface area contributed by atoms with Gasteiger partial charge in [-0.15, -0.1) is 6.58 Å². The normalized spacial score (nSPS) is 12.5. The van der Waals surface area contributed by atoms with Crippen molar-refractivity contribution < 1.29 is 4.39 Å². The van der Waals surface area contributed by atoms with E-state index >= 15 is 0 Å². The van der Waals surface area contributed by atoms with Crippen LogP contribution in [0.4, 0.5) is 4.39 Å². The van der Waals surface area contributed by atoms with E-state index in [4.69, 9.17) is 0 Å². The fourth-order valence-electron chi connectivity index (χ4n) is 1.15. The molecule has 0 radical (unpaired) electrons. The van der Waals surface area contributed by atoms with Crippen molar-refractivity contribution in [2.24, 2.45) is 0 Å². The van der Waals surface area contributed by atoms with Crippen molar-refractivity contribution in [3.8, 4) is 0 Å². The van der Waals surface area contributed by atoms with Gasteiger partial charge in [-0.2, -0.15) is 0 Å². The molecule has 0 amide bonds. The van der Waals surface area contributed by atoms with Crippen molar-refractivity contribution in [1.29, 1.82) is 0 Å². The Morgan fingerprint density at radius 1 is 1.62 bits per heavy atom. The Balaban J connectivity index is 2.65. The van der Waals surface area contributed by atoms with E-state index < -0.39 is 0 Å². The Morgan fingerprint density at radius 2 is 2.38 bits per heavy atom. The minimum Gasteiger partial charge on any atom is -0.307 e. The molecule has 1 atom stereocenters. The SMILES string of the molecule is C=CCN[C@H](C)c1cccc(F)c1. The molecule has 1 rings (SSSR count). The monoisotopic (exact) mass is 179 g/mol. The molecule has 70 valence electrons. The molecule has 0 fully saturated rings. The fourth-order valence-corrected chi connectivity index (χ4v) is 1.15. The summed E-state index contributed by atoms with van der Waals surface area (Å²) in [5.74, 6) is -0.190. The van der Waals surface area contributed by atoms with Crippen LogP contribution in [0.3, 0.4) is 0 Å². The maximum atomic E-state index is 12.8. The lowest BCUT2D eigenvalue weighted by Gasteiger charge is -2.12. The summed E-state index contributed by atoms with van der Waals surface area (Å²) in [7, 11) is 0. The van der Waals surface area contributed by atoms with Crippen molar-refractivity contribution in [1.82, 2.24) is 5.32 Å². The molecule has 2 heteroatoms. The van der Waals surface area contributed by atoms with Gasteiger partial charge in [0.25, 0.3) is 0 Å². The minimum atomic E-state index is -0.190. The highest BCUT2D eigenvalue weighted by Gasteiger charge is 2.03. The molecule has 0 heterocycles. The first-order valence-corrected chi connectivity index (χ1v) is 4.34. The van der Waals surface area contributed by atoms with E-state index in [2.05, 4.69) is 11.9 Å². The topological polar surface area (TPSA) is 12.0 Å². The van der Waals surface area contributed by atoms with Crippen molar-refractivity contribution in [2.75, 3.05) is 6.54 Å². The summed E-state index contributed by atoms with van der Waals surface area (Å²) in [6.07, 6.45) is 1.79. The van der Waals surface area contributed by atoms with Crippen LogP contribution >= 0.6 is 0 Å². The fraction of sp³-hybridized carbons (Fsp3) is 0.273. The zero-order valence-corrected chi connectivity index (χ0v) is 7.76. The highest BCUT2D eigenvalue weighted by atomic mass is 19.1. The third-order valence-electron chi connectivity index (χ3n) is 1.92. The summed E-state index contributed by atoms with van der Waals surface area (Å²) in [6, 6.07) is 6.78. The van der Waals surface area contributed by atoms with E-state index in [1.807, 2.05) is 13.0 Å². The van der Waals surface area contributed by atoms with E-state index in [-0.39, 0.29) is 11.9 Å². The van der Waals surface area contributed by atoms with Crippen LogP contribution in [-0.2, 0) is 0 Å². The summed E-state index contributed by atoms with van der Waals surface area (Å²) in [5.41, 5.74) is 0.960. The average Bonchev–Trinajstić information content (AvgIpc) is 2.14. The zero-order chi connectivity index (χ0) is 9.68. The second-order valence-electron chi connectivity index (χ2n) is 2.97. The maximum absolute atomic E-state index is 12.8. The van der Waals surface area contributed by atoms with Crippen molar-refractivity contribution >= 4 is 0 Å². The molecule has 0 spiro atoms. The molecule has 0 saturated heterocycles. The molecule has 0 aliphatic rings. The smallest absolute Gasteiger partial charge is 0.123 e. The molecule has 1 aromatic carbocycles. The average molecular weight is 179 g/mol. The van der Waals surface area contributed by atoms with Crippen LogP contribution in [-0.4, -0.2) is 6.54 Å². The number of halogens is 1. The van der Waals surface area contributed by atoms with Gasteiger partial charge in [0.2, 0.25) is 0 Å². The molecular formula is C11H14FN. The largest absolute Gasteiger partial charge is 0.307 e. The lowest BCUT2D eigenvalue weighted by atomic mass is 10.1. The van der Waals surface area contributed by atoms with E-state index in [1.54, 1.807) is 18.2 Å². The number of rotatable bonds is 4. The Kier molecular flexibility index (Phi) is 3.65. The molecule has 0 aliphatic heterocycles. The van der Waals surface area contributed by atoms with Gasteiger partial charge in [0.05, 0.1) is 0 Å². The number of nitrogens with one attached hydrogen (secondary N) is 1. The lowest BCUT2D eigenvalue weighted by Crippen LogP contribution is -2.18. The number of benzene rings is 1. The van der Waals surface area contributed by atoms with E-state index in [0.717, 1.165) is 12.1 Å². The van der Waals surface area contributed by atoms with Gasteiger partial charge >= 0.3 is 0 Å². The van der Waals surface area contributed by atoms with Crippen LogP contribution in [0.15, 0.2) is 36.9 Å². The van der Waals surface area contributed by atoms with E-state index in [9.17, 15) is 4.39 Å². The molecule has 1 aromatic rings. The van der Waals surface area contributed by atoms with Crippen molar-refractivity contribution in [3.63, 3.8) is 0 Å². The molecule has 1 N–H and O–H groups in total. The molecule has 0 unspecified atom stereocenters. The van der Waals surface area contributed by atoms with Gasteiger partial charge in [-0.1, -0.05) is 18.2 Å². The van der Waals surface area contributed by atoms with Crippen molar-refractivity contribution in [2.45, 2.75) is 13.0 Å². The molecule has 0 saturated carbocycles. The predicted molar refractivity (Wildman–Crippen MR) is 53.0 cm³/mol. The number of hydrogen-bond acceptors (Lipinski definition) is 1. The standard InChI is InChI=1S/C11H14FN/c1-3-7-13-9(2)10-5-4-6-11(12)8-10/h3-6,8-9,13H,1,7H2,2H3/t9-/m1/s1. The van der Waals surface area contributed by atoms with Gasteiger partial charge in [0.1, 0.15) is 5.82 Å².